The van der Waals surface area contributed by atoms with Crippen LogP contribution in [0.2, 0.25) is 0 Å². The molecule has 1 fully saturated rings. The van der Waals surface area contributed by atoms with Crippen molar-refractivity contribution in [1.29, 1.82) is 0 Å². The van der Waals surface area contributed by atoms with Crippen LogP contribution in [0.4, 0.5) is 0 Å². The van der Waals surface area contributed by atoms with Crippen LogP contribution in [0.3, 0.4) is 0 Å². The van der Waals surface area contributed by atoms with Gasteiger partial charge in [-0.1, -0.05) is 32.0 Å². The zero-order valence-corrected chi connectivity index (χ0v) is 13.0. The van der Waals surface area contributed by atoms with Crippen molar-refractivity contribution < 1.29 is 4.42 Å². The van der Waals surface area contributed by atoms with Gasteiger partial charge in [0, 0.05) is 11.6 Å². The topological polar surface area (TPSA) is 42.2 Å². The molecular weight excluding hydrogens is 262 g/mol. The highest BCUT2D eigenvalue weighted by Crippen LogP contribution is 2.39. The van der Waals surface area contributed by atoms with Crippen molar-refractivity contribution in [2.75, 3.05) is 7.05 Å². The predicted octanol–water partition coefficient (Wildman–Crippen LogP) is 3.75. The minimum absolute atomic E-state index is 0.461. The van der Waals surface area contributed by atoms with Crippen molar-refractivity contribution in [3.63, 3.8) is 0 Å². The van der Waals surface area contributed by atoms with Crippen LogP contribution in [0.15, 0.2) is 34.7 Å². The Kier molecular flexibility index (Phi) is 3.81. The molecule has 1 aliphatic rings. The summed E-state index contributed by atoms with van der Waals surface area (Å²) in [4.78, 5) is 2.34. The molecule has 1 heterocycles. The number of aromatic nitrogens is 2. The number of hydrogen-bond donors (Lipinski definition) is 0. The van der Waals surface area contributed by atoms with Crippen LogP contribution in [0.1, 0.15) is 39.0 Å². The second-order valence-corrected chi connectivity index (χ2v) is 6.84. The van der Waals surface area contributed by atoms with Gasteiger partial charge in [0.15, 0.2) is 0 Å². The first-order valence-corrected chi connectivity index (χ1v) is 7.61. The number of rotatable bonds is 4. The van der Waals surface area contributed by atoms with Crippen molar-refractivity contribution in [3.8, 4) is 11.5 Å². The second kappa shape index (κ2) is 5.60. The van der Waals surface area contributed by atoms with E-state index >= 15 is 0 Å². The second-order valence-electron chi connectivity index (χ2n) is 6.84. The fraction of sp³-hybridized carbons (Fsp3) is 0.529. The largest absolute Gasteiger partial charge is 0.419 e. The molecule has 3 rings (SSSR count). The van der Waals surface area contributed by atoms with E-state index in [2.05, 4.69) is 36.0 Å². The number of hydrogen-bond acceptors (Lipinski definition) is 4. The Morgan fingerprint density at radius 3 is 2.67 bits per heavy atom. The van der Waals surface area contributed by atoms with Gasteiger partial charge in [-0.15, -0.1) is 10.2 Å². The Morgan fingerprint density at radius 2 is 2.00 bits per heavy atom. The summed E-state index contributed by atoms with van der Waals surface area (Å²) in [5.41, 5.74) is 1.43. The highest BCUT2D eigenvalue weighted by atomic mass is 16.4. The highest BCUT2D eigenvalue weighted by Gasteiger charge is 2.33. The number of benzene rings is 1. The molecule has 1 aromatic heterocycles. The molecule has 0 bridgehead atoms. The minimum atomic E-state index is 0.461. The van der Waals surface area contributed by atoms with Gasteiger partial charge in [-0.25, -0.2) is 0 Å². The van der Waals surface area contributed by atoms with Gasteiger partial charge in [0.05, 0.1) is 6.54 Å². The van der Waals surface area contributed by atoms with Gasteiger partial charge >= 0.3 is 0 Å². The molecule has 0 amide bonds. The molecule has 0 saturated heterocycles. The maximum absolute atomic E-state index is 5.79. The quantitative estimate of drug-likeness (QED) is 0.858. The van der Waals surface area contributed by atoms with Crippen LogP contribution in [0, 0.1) is 5.41 Å². The van der Waals surface area contributed by atoms with Crippen molar-refractivity contribution >= 4 is 0 Å². The lowest BCUT2D eigenvalue weighted by Crippen LogP contribution is -2.29. The van der Waals surface area contributed by atoms with Crippen LogP contribution in [-0.2, 0) is 6.54 Å². The van der Waals surface area contributed by atoms with E-state index in [1.807, 2.05) is 30.3 Å². The van der Waals surface area contributed by atoms with E-state index in [9.17, 15) is 0 Å². The first-order valence-electron chi connectivity index (χ1n) is 7.61. The Morgan fingerprint density at radius 1 is 1.24 bits per heavy atom. The summed E-state index contributed by atoms with van der Waals surface area (Å²) in [5, 5.41) is 8.33. The fourth-order valence-corrected chi connectivity index (χ4v) is 3.13. The molecule has 0 N–H and O–H groups in total. The lowest BCUT2D eigenvalue weighted by atomic mass is 9.91. The molecule has 21 heavy (non-hydrogen) atoms. The fourth-order valence-electron chi connectivity index (χ4n) is 3.13. The molecule has 112 valence electrons. The van der Waals surface area contributed by atoms with E-state index in [1.165, 1.54) is 19.3 Å². The molecule has 1 aromatic carbocycles. The highest BCUT2D eigenvalue weighted by molar-refractivity contribution is 5.51. The van der Waals surface area contributed by atoms with Crippen LogP contribution in [0.25, 0.3) is 11.5 Å². The summed E-state index contributed by atoms with van der Waals surface area (Å²) >= 11 is 0. The third-order valence-corrected chi connectivity index (χ3v) is 4.44. The first kappa shape index (κ1) is 14.3. The normalized spacial score (nSPS) is 21.0. The lowest BCUT2D eigenvalue weighted by molar-refractivity contribution is 0.202. The molecule has 1 saturated carbocycles. The zero-order chi connectivity index (χ0) is 14.9. The molecule has 1 unspecified atom stereocenters. The molecular formula is C17H23N3O. The lowest BCUT2D eigenvalue weighted by Gasteiger charge is -2.24. The Bertz CT molecular complexity index is 591. The summed E-state index contributed by atoms with van der Waals surface area (Å²) in [6.45, 7) is 5.42. The molecule has 0 aliphatic heterocycles. The predicted molar refractivity (Wildman–Crippen MR) is 82.6 cm³/mol. The van der Waals surface area contributed by atoms with Crippen molar-refractivity contribution in [2.24, 2.45) is 5.41 Å². The van der Waals surface area contributed by atoms with E-state index in [4.69, 9.17) is 4.42 Å². The Balaban J connectivity index is 1.65. The SMILES string of the molecule is CN(Cc1nnc(-c2ccccc2)o1)C1CCC(C)(C)C1. The average Bonchev–Trinajstić information content (AvgIpc) is 3.06. The smallest absolute Gasteiger partial charge is 0.247 e. The molecule has 2 aromatic rings. The van der Waals surface area contributed by atoms with Gasteiger partial charge in [-0.3, -0.25) is 4.90 Å². The van der Waals surface area contributed by atoms with Gasteiger partial charge in [-0.05, 0) is 43.9 Å². The minimum Gasteiger partial charge on any atom is -0.419 e. The van der Waals surface area contributed by atoms with Crippen LogP contribution >= 0.6 is 0 Å². The van der Waals surface area contributed by atoms with E-state index < -0.39 is 0 Å². The van der Waals surface area contributed by atoms with E-state index in [0.29, 0.717) is 23.2 Å². The maximum Gasteiger partial charge on any atom is 0.247 e. The third kappa shape index (κ3) is 3.32. The molecule has 0 radical (unpaired) electrons. The van der Waals surface area contributed by atoms with Crippen molar-refractivity contribution in [2.45, 2.75) is 45.7 Å². The molecule has 1 atom stereocenters. The molecule has 4 nitrogen and oxygen atoms in total. The summed E-state index contributed by atoms with van der Waals surface area (Å²) in [6.07, 6.45) is 3.79. The monoisotopic (exact) mass is 285 g/mol. The van der Waals surface area contributed by atoms with Gasteiger partial charge in [0.1, 0.15) is 0 Å². The van der Waals surface area contributed by atoms with Crippen molar-refractivity contribution in [3.05, 3.63) is 36.2 Å². The van der Waals surface area contributed by atoms with Crippen LogP contribution < -0.4 is 0 Å². The van der Waals surface area contributed by atoms with E-state index in [0.717, 1.165) is 12.1 Å². The van der Waals surface area contributed by atoms with E-state index in [1.54, 1.807) is 0 Å². The van der Waals surface area contributed by atoms with Gasteiger partial charge in [0.25, 0.3) is 0 Å². The summed E-state index contributed by atoms with van der Waals surface area (Å²) in [6, 6.07) is 10.5. The first-order chi connectivity index (χ1) is 10.0. The van der Waals surface area contributed by atoms with Gasteiger partial charge in [0.2, 0.25) is 11.8 Å². The summed E-state index contributed by atoms with van der Waals surface area (Å²) < 4.78 is 5.79. The molecule has 4 heteroatoms. The standard InChI is InChI=1S/C17H23N3O/c1-17(2)10-9-14(11-17)20(3)12-15-18-19-16(21-15)13-7-5-4-6-8-13/h4-8,14H,9-12H2,1-3H3. The maximum atomic E-state index is 5.79. The Labute approximate surface area is 126 Å². The zero-order valence-electron chi connectivity index (χ0n) is 13.0. The molecule has 0 spiro atoms. The van der Waals surface area contributed by atoms with Crippen LogP contribution in [-0.4, -0.2) is 28.2 Å². The van der Waals surface area contributed by atoms with Crippen LogP contribution in [0.5, 0.6) is 0 Å². The van der Waals surface area contributed by atoms with Crippen molar-refractivity contribution in [1.82, 2.24) is 15.1 Å². The number of nitrogens with zero attached hydrogens (tertiary/aromatic N) is 3. The summed E-state index contributed by atoms with van der Waals surface area (Å²) in [5.74, 6) is 1.30. The summed E-state index contributed by atoms with van der Waals surface area (Å²) in [7, 11) is 2.15. The van der Waals surface area contributed by atoms with Gasteiger partial charge in [-0.2, -0.15) is 0 Å². The van der Waals surface area contributed by atoms with E-state index in [-0.39, 0.29) is 0 Å². The average molecular weight is 285 g/mol. The third-order valence-electron chi connectivity index (χ3n) is 4.44. The molecule has 1 aliphatic carbocycles. The Hall–Kier alpha value is -1.68. The van der Waals surface area contributed by atoms with Gasteiger partial charge < -0.3 is 4.42 Å².